The van der Waals surface area contributed by atoms with Crippen LogP contribution in [-0.2, 0) is 14.1 Å². The van der Waals surface area contributed by atoms with Gasteiger partial charge < -0.3 is 0 Å². The molecule has 0 aliphatic heterocycles. The number of nitrogens with zero attached hydrogens (tertiary/aromatic N) is 4. The fourth-order valence-corrected chi connectivity index (χ4v) is 1.59. The molecule has 0 amide bonds. The third kappa shape index (κ3) is 1.63. The summed E-state index contributed by atoms with van der Waals surface area (Å²) in [5.41, 5.74) is -1.10. The molecule has 0 saturated carbocycles. The standard InChI is InChI=1S/C10H10N4O4/c1-11-9(15)13(10(16)12(11)2)7-4-3-5-8(6-7)14(17)18/h3-6H,1-2H3. The molecule has 0 aliphatic carbocycles. The van der Waals surface area contributed by atoms with Crippen molar-refractivity contribution in [2.75, 3.05) is 0 Å². The van der Waals surface area contributed by atoms with Crippen molar-refractivity contribution in [1.29, 1.82) is 0 Å². The van der Waals surface area contributed by atoms with Crippen molar-refractivity contribution in [3.63, 3.8) is 0 Å². The molecule has 1 aromatic carbocycles. The van der Waals surface area contributed by atoms with Gasteiger partial charge in [-0.3, -0.25) is 10.1 Å². The lowest BCUT2D eigenvalue weighted by Crippen LogP contribution is -2.26. The Morgan fingerprint density at radius 1 is 1.11 bits per heavy atom. The molecule has 2 aromatic rings. The van der Waals surface area contributed by atoms with Crippen molar-refractivity contribution in [1.82, 2.24) is 13.9 Å². The van der Waals surface area contributed by atoms with Crippen LogP contribution in [0.5, 0.6) is 0 Å². The molecule has 1 aromatic heterocycles. The van der Waals surface area contributed by atoms with Crippen molar-refractivity contribution >= 4 is 5.69 Å². The van der Waals surface area contributed by atoms with Crippen LogP contribution in [0.25, 0.3) is 5.69 Å². The molecule has 18 heavy (non-hydrogen) atoms. The highest BCUT2D eigenvalue weighted by Gasteiger charge is 2.14. The summed E-state index contributed by atoms with van der Waals surface area (Å²) < 4.78 is 3.13. The minimum atomic E-state index is -0.581. The zero-order valence-corrected chi connectivity index (χ0v) is 9.73. The topological polar surface area (TPSA) is 92.1 Å². The van der Waals surface area contributed by atoms with Gasteiger partial charge in [0.1, 0.15) is 0 Å². The third-order valence-corrected chi connectivity index (χ3v) is 2.68. The summed E-state index contributed by atoms with van der Waals surface area (Å²) in [7, 11) is 2.88. The number of rotatable bonds is 2. The van der Waals surface area contributed by atoms with Gasteiger partial charge in [0.2, 0.25) is 0 Å². The van der Waals surface area contributed by atoms with E-state index in [9.17, 15) is 19.7 Å². The molecule has 2 rings (SSSR count). The largest absolute Gasteiger partial charge is 0.351 e. The molecule has 0 spiro atoms. The normalized spacial score (nSPS) is 10.6. The Morgan fingerprint density at radius 3 is 2.17 bits per heavy atom. The Kier molecular flexibility index (Phi) is 2.62. The number of nitro benzene ring substituents is 1. The zero-order valence-electron chi connectivity index (χ0n) is 9.73. The first-order valence-corrected chi connectivity index (χ1v) is 5.03. The molecule has 0 unspecified atom stereocenters. The average molecular weight is 250 g/mol. The van der Waals surface area contributed by atoms with Gasteiger partial charge in [0.15, 0.2) is 0 Å². The van der Waals surface area contributed by atoms with Crippen molar-refractivity contribution in [2.45, 2.75) is 0 Å². The SMILES string of the molecule is Cn1c(=O)n(-c2cccc([N+](=O)[O-])c2)c(=O)n1C. The second-order valence-electron chi connectivity index (χ2n) is 3.72. The molecule has 0 N–H and O–H groups in total. The molecule has 0 bridgehead atoms. The van der Waals surface area contributed by atoms with Crippen LogP contribution in [0, 0.1) is 10.1 Å². The molecular weight excluding hydrogens is 240 g/mol. The van der Waals surface area contributed by atoms with E-state index in [1.54, 1.807) is 0 Å². The van der Waals surface area contributed by atoms with Gasteiger partial charge in [-0.05, 0) is 6.07 Å². The molecule has 0 atom stereocenters. The highest BCUT2D eigenvalue weighted by molar-refractivity contribution is 5.42. The van der Waals surface area contributed by atoms with E-state index in [2.05, 4.69) is 0 Å². The fourth-order valence-electron chi connectivity index (χ4n) is 1.59. The fraction of sp³-hybridized carbons (Fsp3) is 0.200. The second-order valence-corrected chi connectivity index (χ2v) is 3.72. The highest BCUT2D eigenvalue weighted by atomic mass is 16.6. The first-order valence-electron chi connectivity index (χ1n) is 5.03. The van der Waals surface area contributed by atoms with Crippen LogP contribution in [0.3, 0.4) is 0 Å². The molecule has 0 saturated heterocycles. The van der Waals surface area contributed by atoms with Crippen LogP contribution in [0.1, 0.15) is 0 Å². The van der Waals surface area contributed by atoms with E-state index in [0.29, 0.717) is 0 Å². The quantitative estimate of drug-likeness (QED) is 0.544. The molecule has 8 heteroatoms. The number of hydrogen-bond acceptors (Lipinski definition) is 4. The van der Waals surface area contributed by atoms with E-state index in [1.807, 2.05) is 0 Å². The molecule has 0 fully saturated rings. The van der Waals surface area contributed by atoms with Crippen molar-refractivity contribution in [3.05, 3.63) is 55.3 Å². The summed E-state index contributed by atoms with van der Waals surface area (Å²) in [4.78, 5) is 33.7. The van der Waals surface area contributed by atoms with Crippen molar-refractivity contribution in [2.24, 2.45) is 14.1 Å². The first-order chi connectivity index (χ1) is 8.43. The summed E-state index contributed by atoms with van der Waals surface area (Å²) in [6, 6.07) is 5.37. The van der Waals surface area contributed by atoms with Gasteiger partial charge in [0.25, 0.3) is 5.69 Å². The highest BCUT2D eigenvalue weighted by Crippen LogP contribution is 2.14. The predicted octanol–water partition coefficient (Wildman–Crippen LogP) is -0.217. The minimum Gasteiger partial charge on any atom is -0.258 e. The summed E-state index contributed by atoms with van der Waals surface area (Å²) in [6.07, 6.45) is 0. The van der Waals surface area contributed by atoms with E-state index < -0.39 is 16.3 Å². The van der Waals surface area contributed by atoms with E-state index in [1.165, 1.54) is 38.4 Å². The molecule has 1 heterocycles. The van der Waals surface area contributed by atoms with Gasteiger partial charge in [-0.15, -0.1) is 0 Å². The lowest BCUT2D eigenvalue weighted by atomic mass is 10.3. The van der Waals surface area contributed by atoms with Crippen LogP contribution >= 0.6 is 0 Å². The van der Waals surface area contributed by atoms with Gasteiger partial charge in [-0.25, -0.2) is 23.5 Å². The number of nitro groups is 1. The third-order valence-electron chi connectivity index (χ3n) is 2.68. The molecular formula is C10H10N4O4. The monoisotopic (exact) mass is 250 g/mol. The predicted molar refractivity (Wildman–Crippen MR) is 62.9 cm³/mol. The number of aromatic nitrogens is 3. The van der Waals surface area contributed by atoms with Gasteiger partial charge in [-0.1, -0.05) is 6.07 Å². The Hall–Kier alpha value is -2.64. The van der Waals surface area contributed by atoms with Crippen LogP contribution in [-0.4, -0.2) is 18.9 Å². The Bertz CT molecular complexity index is 704. The maximum Gasteiger partial charge on any atom is 0.351 e. The van der Waals surface area contributed by atoms with Crippen LogP contribution in [0.4, 0.5) is 5.69 Å². The van der Waals surface area contributed by atoms with Crippen LogP contribution < -0.4 is 11.4 Å². The second kappa shape index (κ2) is 3.99. The maximum atomic E-state index is 11.8. The summed E-state index contributed by atoms with van der Waals surface area (Å²) in [6.45, 7) is 0. The summed E-state index contributed by atoms with van der Waals surface area (Å²) in [5, 5.41) is 10.7. The zero-order chi connectivity index (χ0) is 13.4. The Balaban J connectivity index is 2.74. The molecule has 0 radical (unpaired) electrons. The van der Waals surface area contributed by atoms with E-state index in [-0.39, 0.29) is 11.4 Å². The van der Waals surface area contributed by atoms with E-state index in [0.717, 1.165) is 13.9 Å². The lowest BCUT2D eigenvalue weighted by Gasteiger charge is -1.98. The number of benzene rings is 1. The lowest BCUT2D eigenvalue weighted by molar-refractivity contribution is -0.384. The van der Waals surface area contributed by atoms with E-state index in [4.69, 9.17) is 0 Å². The Morgan fingerprint density at radius 2 is 1.67 bits per heavy atom. The van der Waals surface area contributed by atoms with E-state index >= 15 is 0 Å². The number of non-ortho nitro benzene ring substituents is 1. The smallest absolute Gasteiger partial charge is 0.258 e. The molecule has 0 aliphatic rings. The summed E-state index contributed by atoms with van der Waals surface area (Å²) >= 11 is 0. The average Bonchev–Trinajstić information content (AvgIpc) is 2.54. The van der Waals surface area contributed by atoms with Gasteiger partial charge in [0, 0.05) is 26.2 Å². The van der Waals surface area contributed by atoms with Crippen molar-refractivity contribution < 1.29 is 4.92 Å². The van der Waals surface area contributed by atoms with Crippen LogP contribution in [0.2, 0.25) is 0 Å². The first kappa shape index (κ1) is 11.8. The Labute approximate surface area is 100 Å². The summed E-state index contributed by atoms with van der Waals surface area (Å²) in [5.74, 6) is 0. The van der Waals surface area contributed by atoms with Crippen molar-refractivity contribution in [3.8, 4) is 5.69 Å². The van der Waals surface area contributed by atoms with Gasteiger partial charge in [0.05, 0.1) is 10.6 Å². The van der Waals surface area contributed by atoms with Gasteiger partial charge in [-0.2, -0.15) is 0 Å². The van der Waals surface area contributed by atoms with Gasteiger partial charge >= 0.3 is 11.4 Å². The number of hydrogen-bond donors (Lipinski definition) is 0. The minimum absolute atomic E-state index is 0.176. The molecule has 94 valence electrons. The molecule has 8 nitrogen and oxygen atoms in total. The van der Waals surface area contributed by atoms with Crippen LogP contribution in [0.15, 0.2) is 33.9 Å². The maximum absolute atomic E-state index is 11.8.